The Kier molecular flexibility index (Phi) is 3.50. The molecule has 0 spiro atoms. The van der Waals surface area contributed by atoms with Crippen molar-refractivity contribution in [3.8, 4) is 0 Å². The standard InChI is InChI=1S/C9H10F2N2O/c1-6(13-9(14)8(10)11)7-3-2-4-12-5-7/h2-6,8H,1H3,(H,13,14)/t6-/m0/s1. The molecule has 0 aliphatic rings. The minimum Gasteiger partial charge on any atom is -0.345 e. The van der Waals surface area contributed by atoms with Crippen LogP contribution in [0.5, 0.6) is 0 Å². The molecule has 1 atom stereocenters. The van der Waals surface area contributed by atoms with Gasteiger partial charge in [0.15, 0.2) is 0 Å². The number of nitrogens with zero attached hydrogens (tertiary/aromatic N) is 1. The number of nitrogens with one attached hydrogen (secondary N) is 1. The summed E-state index contributed by atoms with van der Waals surface area (Å²) in [6, 6.07) is 2.94. The SMILES string of the molecule is C[C@H](NC(=O)C(F)F)c1cccnc1. The topological polar surface area (TPSA) is 42.0 Å². The summed E-state index contributed by atoms with van der Waals surface area (Å²) in [7, 11) is 0. The fourth-order valence-electron chi connectivity index (χ4n) is 0.992. The third-order valence-corrected chi connectivity index (χ3v) is 1.74. The van der Waals surface area contributed by atoms with Crippen molar-refractivity contribution in [2.24, 2.45) is 0 Å². The van der Waals surface area contributed by atoms with E-state index in [1.807, 2.05) is 0 Å². The molecule has 0 aromatic carbocycles. The van der Waals surface area contributed by atoms with Crippen LogP contribution in [-0.2, 0) is 4.79 Å². The van der Waals surface area contributed by atoms with Crippen molar-refractivity contribution in [3.63, 3.8) is 0 Å². The lowest BCUT2D eigenvalue weighted by atomic mass is 10.1. The smallest absolute Gasteiger partial charge is 0.315 e. The van der Waals surface area contributed by atoms with Crippen molar-refractivity contribution in [1.29, 1.82) is 0 Å². The highest BCUT2D eigenvalue weighted by Gasteiger charge is 2.17. The Morgan fingerprint density at radius 1 is 1.57 bits per heavy atom. The lowest BCUT2D eigenvalue weighted by molar-refractivity contribution is -0.132. The van der Waals surface area contributed by atoms with Gasteiger partial charge in [-0.3, -0.25) is 9.78 Å². The van der Waals surface area contributed by atoms with E-state index in [4.69, 9.17) is 0 Å². The van der Waals surface area contributed by atoms with E-state index in [0.717, 1.165) is 0 Å². The van der Waals surface area contributed by atoms with E-state index in [9.17, 15) is 13.6 Å². The molecule has 1 aromatic heterocycles. The van der Waals surface area contributed by atoms with Crippen LogP contribution in [0.3, 0.4) is 0 Å². The van der Waals surface area contributed by atoms with E-state index in [0.29, 0.717) is 5.56 Å². The molecule has 1 N–H and O–H groups in total. The summed E-state index contributed by atoms with van der Waals surface area (Å²) < 4.78 is 23.8. The fraction of sp³-hybridized carbons (Fsp3) is 0.333. The number of carbonyl (C=O) groups excluding carboxylic acids is 1. The summed E-state index contributed by atoms with van der Waals surface area (Å²) in [5.41, 5.74) is 0.696. The summed E-state index contributed by atoms with van der Waals surface area (Å²) in [4.78, 5) is 14.5. The van der Waals surface area contributed by atoms with Crippen LogP contribution in [0.15, 0.2) is 24.5 Å². The van der Waals surface area contributed by atoms with E-state index in [-0.39, 0.29) is 0 Å². The van der Waals surface area contributed by atoms with Gasteiger partial charge in [-0.05, 0) is 18.6 Å². The molecule has 1 heterocycles. The van der Waals surface area contributed by atoms with Crippen molar-refractivity contribution in [2.45, 2.75) is 19.4 Å². The Morgan fingerprint density at radius 3 is 2.79 bits per heavy atom. The minimum atomic E-state index is -2.98. The van der Waals surface area contributed by atoms with Crippen LogP contribution in [0, 0.1) is 0 Å². The molecule has 0 aliphatic carbocycles. The number of amides is 1. The quantitative estimate of drug-likeness (QED) is 0.803. The molecule has 1 amide bonds. The largest absolute Gasteiger partial charge is 0.345 e. The second-order valence-corrected chi connectivity index (χ2v) is 2.82. The van der Waals surface area contributed by atoms with Crippen molar-refractivity contribution in [1.82, 2.24) is 10.3 Å². The average Bonchev–Trinajstić information content (AvgIpc) is 2.19. The van der Waals surface area contributed by atoms with Crippen LogP contribution < -0.4 is 5.32 Å². The number of pyridine rings is 1. The first-order chi connectivity index (χ1) is 6.61. The molecule has 1 rings (SSSR count). The third-order valence-electron chi connectivity index (χ3n) is 1.74. The van der Waals surface area contributed by atoms with Crippen LogP contribution in [-0.4, -0.2) is 17.3 Å². The number of alkyl halides is 2. The predicted molar refractivity (Wildman–Crippen MR) is 46.8 cm³/mol. The molecule has 76 valence electrons. The van der Waals surface area contributed by atoms with Gasteiger partial charge in [-0.25, -0.2) is 0 Å². The van der Waals surface area contributed by atoms with Gasteiger partial charge < -0.3 is 5.32 Å². The molecule has 0 radical (unpaired) electrons. The summed E-state index contributed by atoms with van der Waals surface area (Å²) in [5, 5.41) is 2.17. The first-order valence-corrected chi connectivity index (χ1v) is 4.09. The predicted octanol–water partition coefficient (Wildman–Crippen LogP) is 1.52. The van der Waals surface area contributed by atoms with Gasteiger partial charge in [-0.15, -0.1) is 0 Å². The molecular weight excluding hydrogens is 190 g/mol. The first kappa shape index (κ1) is 10.6. The lowest BCUT2D eigenvalue weighted by Gasteiger charge is -2.12. The normalized spacial score (nSPS) is 12.6. The Morgan fingerprint density at radius 2 is 2.29 bits per heavy atom. The molecule has 0 saturated carbocycles. The molecule has 5 heteroatoms. The summed E-state index contributed by atoms with van der Waals surface area (Å²) in [6.07, 6.45) is 0.121. The zero-order chi connectivity index (χ0) is 10.6. The van der Waals surface area contributed by atoms with Crippen molar-refractivity contribution in [2.75, 3.05) is 0 Å². The molecule has 0 saturated heterocycles. The number of carbonyl (C=O) groups is 1. The molecule has 1 aromatic rings. The Hall–Kier alpha value is -1.52. The highest BCUT2D eigenvalue weighted by Crippen LogP contribution is 2.10. The maximum Gasteiger partial charge on any atom is 0.315 e. The van der Waals surface area contributed by atoms with Gasteiger partial charge in [-0.2, -0.15) is 8.78 Å². The van der Waals surface area contributed by atoms with Gasteiger partial charge >= 0.3 is 6.43 Å². The Bertz CT molecular complexity index is 303. The molecule has 0 bridgehead atoms. The third kappa shape index (κ3) is 2.76. The maximum atomic E-state index is 11.9. The Balaban J connectivity index is 2.59. The average molecular weight is 200 g/mol. The van der Waals surface area contributed by atoms with E-state index in [2.05, 4.69) is 10.3 Å². The van der Waals surface area contributed by atoms with E-state index < -0.39 is 18.4 Å². The minimum absolute atomic E-state index is 0.454. The highest BCUT2D eigenvalue weighted by atomic mass is 19.3. The summed E-state index contributed by atoms with van der Waals surface area (Å²) >= 11 is 0. The van der Waals surface area contributed by atoms with Gasteiger partial charge in [0.25, 0.3) is 5.91 Å². The monoisotopic (exact) mass is 200 g/mol. The highest BCUT2D eigenvalue weighted by molar-refractivity contribution is 5.79. The maximum absolute atomic E-state index is 11.9. The van der Waals surface area contributed by atoms with Crippen LogP contribution in [0.2, 0.25) is 0 Å². The van der Waals surface area contributed by atoms with Crippen molar-refractivity contribution >= 4 is 5.91 Å². The molecular formula is C9H10F2N2O. The van der Waals surface area contributed by atoms with Gasteiger partial charge in [0.05, 0.1) is 6.04 Å². The number of hydrogen-bond acceptors (Lipinski definition) is 2. The zero-order valence-corrected chi connectivity index (χ0v) is 7.58. The summed E-state index contributed by atoms with van der Waals surface area (Å²) in [5.74, 6) is -1.26. The molecule has 0 aliphatic heterocycles. The van der Waals surface area contributed by atoms with Crippen molar-refractivity contribution < 1.29 is 13.6 Å². The lowest BCUT2D eigenvalue weighted by Crippen LogP contribution is -2.31. The number of aromatic nitrogens is 1. The van der Waals surface area contributed by atoms with E-state index in [1.54, 1.807) is 25.3 Å². The van der Waals surface area contributed by atoms with Gasteiger partial charge in [0.1, 0.15) is 0 Å². The van der Waals surface area contributed by atoms with Gasteiger partial charge in [0, 0.05) is 12.4 Å². The Labute approximate surface area is 80.2 Å². The van der Waals surface area contributed by atoms with Crippen molar-refractivity contribution in [3.05, 3.63) is 30.1 Å². The second-order valence-electron chi connectivity index (χ2n) is 2.82. The number of rotatable bonds is 3. The molecule has 0 fully saturated rings. The van der Waals surface area contributed by atoms with Gasteiger partial charge in [-0.1, -0.05) is 6.07 Å². The zero-order valence-electron chi connectivity index (χ0n) is 7.58. The first-order valence-electron chi connectivity index (χ1n) is 4.09. The summed E-state index contributed by atoms with van der Waals surface area (Å²) in [6.45, 7) is 1.62. The molecule has 0 unspecified atom stereocenters. The van der Waals surface area contributed by atoms with Gasteiger partial charge in [0.2, 0.25) is 0 Å². The van der Waals surface area contributed by atoms with Crippen LogP contribution >= 0.6 is 0 Å². The van der Waals surface area contributed by atoms with E-state index >= 15 is 0 Å². The molecule has 3 nitrogen and oxygen atoms in total. The number of halogens is 2. The van der Waals surface area contributed by atoms with Crippen LogP contribution in [0.4, 0.5) is 8.78 Å². The van der Waals surface area contributed by atoms with Crippen LogP contribution in [0.1, 0.15) is 18.5 Å². The second kappa shape index (κ2) is 4.64. The van der Waals surface area contributed by atoms with E-state index in [1.165, 1.54) is 6.20 Å². The number of hydrogen-bond donors (Lipinski definition) is 1. The van der Waals surface area contributed by atoms with Crippen LogP contribution in [0.25, 0.3) is 0 Å². The molecule has 14 heavy (non-hydrogen) atoms. The fourth-order valence-corrected chi connectivity index (χ4v) is 0.992.